The number of carbonyl (C=O) groups excluding carboxylic acids is 1. The van der Waals surface area contributed by atoms with E-state index in [0.717, 1.165) is 12.8 Å². The van der Waals surface area contributed by atoms with E-state index in [2.05, 4.69) is 10.4 Å². The monoisotopic (exact) mass is 180 g/mol. The Morgan fingerprint density at radius 2 is 2.46 bits per heavy atom. The first kappa shape index (κ1) is 8.10. The molecule has 2 rings (SSSR count). The third kappa shape index (κ3) is 1.63. The van der Waals surface area contributed by atoms with E-state index in [1.54, 1.807) is 13.1 Å². The van der Waals surface area contributed by atoms with Gasteiger partial charge >= 0.3 is 0 Å². The molecule has 70 valence electrons. The van der Waals surface area contributed by atoms with E-state index in [-0.39, 0.29) is 5.91 Å². The number of nitrogens with two attached hydrogens (primary N) is 1. The van der Waals surface area contributed by atoms with Gasteiger partial charge in [-0.2, -0.15) is 5.10 Å². The van der Waals surface area contributed by atoms with Gasteiger partial charge in [-0.05, 0) is 12.8 Å². The molecule has 1 fully saturated rings. The predicted octanol–water partition coefficient (Wildman–Crippen LogP) is -0.106. The molecule has 0 radical (unpaired) electrons. The number of nitrogens with one attached hydrogen (secondary N) is 1. The number of nitrogen functional groups attached to an aromatic ring is 1. The van der Waals surface area contributed by atoms with Crippen LogP contribution in [-0.2, 0) is 7.05 Å². The normalized spacial score (nSPS) is 15.8. The quantitative estimate of drug-likeness (QED) is 0.667. The van der Waals surface area contributed by atoms with Crippen LogP contribution in [0.4, 0.5) is 5.82 Å². The Labute approximate surface area is 75.9 Å². The first-order valence-corrected chi connectivity index (χ1v) is 4.27. The summed E-state index contributed by atoms with van der Waals surface area (Å²) in [5.74, 6) is 0.371. The maximum Gasteiger partial charge on any atom is 0.272 e. The van der Waals surface area contributed by atoms with Crippen LogP contribution in [-0.4, -0.2) is 21.7 Å². The van der Waals surface area contributed by atoms with E-state index < -0.39 is 0 Å². The molecule has 0 atom stereocenters. The molecule has 1 amide bonds. The lowest BCUT2D eigenvalue weighted by atomic mass is 10.4. The van der Waals surface area contributed by atoms with Crippen LogP contribution in [0.1, 0.15) is 23.3 Å². The van der Waals surface area contributed by atoms with Gasteiger partial charge in [0.15, 0.2) is 5.69 Å². The molecule has 0 saturated heterocycles. The highest BCUT2D eigenvalue weighted by Gasteiger charge is 2.24. The van der Waals surface area contributed by atoms with E-state index in [1.807, 2.05) is 0 Å². The van der Waals surface area contributed by atoms with Crippen molar-refractivity contribution in [2.75, 3.05) is 5.73 Å². The third-order valence-electron chi connectivity index (χ3n) is 2.06. The minimum atomic E-state index is -0.130. The Morgan fingerprint density at radius 1 is 1.77 bits per heavy atom. The fourth-order valence-corrected chi connectivity index (χ4v) is 1.08. The largest absolute Gasteiger partial charge is 0.384 e. The van der Waals surface area contributed by atoms with Crippen LogP contribution in [0.25, 0.3) is 0 Å². The highest BCUT2D eigenvalue weighted by molar-refractivity contribution is 5.93. The molecule has 13 heavy (non-hydrogen) atoms. The summed E-state index contributed by atoms with van der Waals surface area (Å²) in [4.78, 5) is 11.4. The van der Waals surface area contributed by atoms with Gasteiger partial charge in [-0.15, -0.1) is 0 Å². The van der Waals surface area contributed by atoms with Crippen molar-refractivity contribution in [1.82, 2.24) is 15.1 Å². The maximum absolute atomic E-state index is 11.4. The van der Waals surface area contributed by atoms with Crippen LogP contribution in [0.15, 0.2) is 6.07 Å². The Kier molecular flexibility index (Phi) is 1.72. The number of aryl methyl sites for hydroxylation is 1. The summed E-state index contributed by atoms with van der Waals surface area (Å²) < 4.78 is 1.49. The average molecular weight is 180 g/mol. The molecule has 0 unspecified atom stereocenters. The van der Waals surface area contributed by atoms with E-state index in [4.69, 9.17) is 5.73 Å². The number of rotatable bonds is 2. The standard InChI is InChI=1S/C8H12N4O/c1-12-7(9)4-6(11-12)8(13)10-5-2-3-5/h4-5H,2-3,9H2,1H3,(H,10,13). The zero-order chi connectivity index (χ0) is 9.42. The first-order chi connectivity index (χ1) is 6.16. The minimum absolute atomic E-state index is 0.130. The minimum Gasteiger partial charge on any atom is -0.384 e. The van der Waals surface area contributed by atoms with Gasteiger partial charge < -0.3 is 11.1 Å². The van der Waals surface area contributed by atoms with E-state index >= 15 is 0 Å². The van der Waals surface area contributed by atoms with Crippen LogP contribution in [0.3, 0.4) is 0 Å². The van der Waals surface area contributed by atoms with Crippen LogP contribution in [0.5, 0.6) is 0 Å². The Bertz CT molecular complexity index is 320. The van der Waals surface area contributed by atoms with E-state index in [0.29, 0.717) is 17.6 Å². The molecular weight excluding hydrogens is 168 g/mol. The zero-order valence-electron chi connectivity index (χ0n) is 7.45. The molecule has 0 bridgehead atoms. The van der Waals surface area contributed by atoms with Crippen LogP contribution >= 0.6 is 0 Å². The Hall–Kier alpha value is -1.52. The first-order valence-electron chi connectivity index (χ1n) is 4.27. The summed E-state index contributed by atoms with van der Waals surface area (Å²) in [6.45, 7) is 0. The van der Waals surface area contributed by atoms with Crippen molar-refractivity contribution in [1.29, 1.82) is 0 Å². The zero-order valence-corrected chi connectivity index (χ0v) is 7.45. The molecule has 3 N–H and O–H groups in total. The van der Waals surface area contributed by atoms with Crippen molar-refractivity contribution in [2.45, 2.75) is 18.9 Å². The summed E-state index contributed by atoms with van der Waals surface area (Å²) in [6.07, 6.45) is 2.15. The lowest BCUT2D eigenvalue weighted by molar-refractivity contribution is 0.0945. The van der Waals surface area contributed by atoms with Crippen molar-refractivity contribution >= 4 is 11.7 Å². The SMILES string of the molecule is Cn1nc(C(=O)NC2CC2)cc1N. The Morgan fingerprint density at radius 3 is 2.92 bits per heavy atom. The number of anilines is 1. The maximum atomic E-state index is 11.4. The molecule has 1 saturated carbocycles. The molecule has 1 heterocycles. The summed E-state index contributed by atoms with van der Waals surface area (Å²) in [7, 11) is 1.71. The number of amides is 1. The number of hydrogen-bond acceptors (Lipinski definition) is 3. The van der Waals surface area contributed by atoms with Gasteiger partial charge in [0.2, 0.25) is 0 Å². The lowest BCUT2D eigenvalue weighted by Crippen LogP contribution is -2.25. The van der Waals surface area contributed by atoms with Crippen LogP contribution < -0.4 is 11.1 Å². The van der Waals surface area contributed by atoms with Gasteiger partial charge in [0.1, 0.15) is 5.82 Å². The van der Waals surface area contributed by atoms with Crippen molar-refractivity contribution in [2.24, 2.45) is 7.05 Å². The molecule has 5 heteroatoms. The summed E-state index contributed by atoms with van der Waals surface area (Å²) in [5, 5.41) is 6.81. The fraction of sp³-hybridized carbons (Fsp3) is 0.500. The van der Waals surface area contributed by atoms with Gasteiger partial charge in [0, 0.05) is 19.2 Å². The molecule has 0 aliphatic heterocycles. The van der Waals surface area contributed by atoms with Gasteiger partial charge in [-0.25, -0.2) is 0 Å². The molecule has 5 nitrogen and oxygen atoms in total. The van der Waals surface area contributed by atoms with Gasteiger partial charge in [-0.3, -0.25) is 9.48 Å². The average Bonchev–Trinajstić information content (AvgIpc) is 2.81. The smallest absolute Gasteiger partial charge is 0.272 e. The number of aromatic nitrogens is 2. The summed E-state index contributed by atoms with van der Waals surface area (Å²) in [5.41, 5.74) is 5.94. The highest BCUT2D eigenvalue weighted by Crippen LogP contribution is 2.19. The van der Waals surface area contributed by atoms with E-state index in [1.165, 1.54) is 4.68 Å². The number of hydrogen-bond donors (Lipinski definition) is 2. The molecule has 1 aromatic heterocycles. The molecule has 0 aromatic carbocycles. The van der Waals surface area contributed by atoms with Gasteiger partial charge in [0.05, 0.1) is 0 Å². The second kappa shape index (κ2) is 2.76. The van der Waals surface area contributed by atoms with Crippen molar-refractivity contribution < 1.29 is 4.79 Å². The molecular formula is C8H12N4O. The van der Waals surface area contributed by atoms with Crippen LogP contribution in [0.2, 0.25) is 0 Å². The Balaban J connectivity index is 2.09. The second-order valence-corrected chi connectivity index (χ2v) is 3.33. The third-order valence-corrected chi connectivity index (χ3v) is 2.06. The summed E-state index contributed by atoms with van der Waals surface area (Å²) in [6, 6.07) is 1.94. The van der Waals surface area contributed by atoms with Crippen LogP contribution in [0, 0.1) is 0 Å². The van der Waals surface area contributed by atoms with Gasteiger partial charge in [-0.1, -0.05) is 0 Å². The highest BCUT2D eigenvalue weighted by atomic mass is 16.2. The number of carbonyl (C=O) groups is 1. The van der Waals surface area contributed by atoms with Gasteiger partial charge in [0.25, 0.3) is 5.91 Å². The fourth-order valence-electron chi connectivity index (χ4n) is 1.08. The van der Waals surface area contributed by atoms with Crippen molar-refractivity contribution in [3.05, 3.63) is 11.8 Å². The lowest BCUT2D eigenvalue weighted by Gasteiger charge is -1.97. The summed E-state index contributed by atoms with van der Waals surface area (Å²) >= 11 is 0. The van der Waals surface area contributed by atoms with E-state index in [9.17, 15) is 4.79 Å². The van der Waals surface area contributed by atoms with Crippen molar-refractivity contribution in [3.8, 4) is 0 Å². The second-order valence-electron chi connectivity index (χ2n) is 3.33. The molecule has 1 aliphatic rings. The molecule has 1 aliphatic carbocycles. The molecule has 0 spiro atoms. The van der Waals surface area contributed by atoms with Crippen molar-refractivity contribution in [3.63, 3.8) is 0 Å². The topological polar surface area (TPSA) is 72.9 Å². The number of nitrogens with zero attached hydrogens (tertiary/aromatic N) is 2. The predicted molar refractivity (Wildman–Crippen MR) is 48.1 cm³/mol. The molecule has 1 aromatic rings.